The maximum absolute atomic E-state index is 12.7. The van der Waals surface area contributed by atoms with Gasteiger partial charge in [-0.05, 0) is 26.0 Å². The fraction of sp³-hybridized carbons (Fsp3) is 0.308. The maximum Gasteiger partial charge on any atom is 0.190 e. The molecule has 0 saturated carbocycles. The van der Waals surface area contributed by atoms with Crippen LogP contribution < -0.4 is 0 Å². The second-order valence-electron chi connectivity index (χ2n) is 3.56. The van der Waals surface area contributed by atoms with Gasteiger partial charge >= 0.3 is 0 Å². The van der Waals surface area contributed by atoms with Gasteiger partial charge in [0.2, 0.25) is 0 Å². The Morgan fingerprint density at radius 1 is 1.41 bits per heavy atom. The summed E-state index contributed by atoms with van der Waals surface area (Å²) in [7, 11) is 0. The van der Waals surface area contributed by atoms with E-state index >= 15 is 0 Å². The van der Waals surface area contributed by atoms with Crippen LogP contribution in [0.4, 0.5) is 4.39 Å². The lowest BCUT2D eigenvalue weighted by Crippen LogP contribution is -2.15. The number of phenols is 1. The first-order valence-corrected chi connectivity index (χ1v) is 5.53. The molecule has 0 radical (unpaired) electrons. The second kappa shape index (κ2) is 6.03. The molecule has 0 spiro atoms. The van der Waals surface area contributed by atoms with Gasteiger partial charge in [-0.2, -0.15) is 0 Å². The third-order valence-corrected chi connectivity index (χ3v) is 2.47. The van der Waals surface area contributed by atoms with Crippen LogP contribution in [0.5, 0.6) is 5.75 Å². The van der Waals surface area contributed by atoms with Crippen molar-refractivity contribution in [2.24, 2.45) is 0 Å². The van der Waals surface area contributed by atoms with Crippen LogP contribution in [0.3, 0.4) is 0 Å². The Hall–Kier alpha value is -1.84. The largest absolute Gasteiger partial charge is 0.507 e. The summed E-state index contributed by atoms with van der Waals surface area (Å²) in [6.45, 7) is 5.56. The van der Waals surface area contributed by atoms with Gasteiger partial charge in [0.1, 0.15) is 11.6 Å². The van der Waals surface area contributed by atoms with E-state index < -0.39 is 5.82 Å². The van der Waals surface area contributed by atoms with E-state index in [-0.39, 0.29) is 17.1 Å². The molecule has 0 heterocycles. The normalized spacial score (nSPS) is 10.8. The molecular formula is C13H16FNO2. The average Bonchev–Trinajstić information content (AvgIpc) is 2.30. The fourth-order valence-corrected chi connectivity index (χ4v) is 1.41. The summed E-state index contributed by atoms with van der Waals surface area (Å²) < 4.78 is 12.7. The molecule has 17 heavy (non-hydrogen) atoms. The number of ketones is 1. The molecule has 0 saturated heterocycles. The second-order valence-corrected chi connectivity index (χ2v) is 3.56. The topological polar surface area (TPSA) is 40.5 Å². The molecule has 1 aromatic rings. The van der Waals surface area contributed by atoms with Gasteiger partial charge in [0.25, 0.3) is 0 Å². The van der Waals surface area contributed by atoms with Crippen LogP contribution in [0.25, 0.3) is 0 Å². The molecule has 0 unspecified atom stereocenters. The minimum absolute atomic E-state index is 0.106. The molecule has 1 aromatic carbocycles. The standard InChI is InChI=1S/C13H16FNO2/c1-3-15(4-2)8-7-12(16)11-6-5-10(14)9-13(11)17/h5-9,17H,3-4H2,1-2H3/b8-7+. The van der Waals surface area contributed by atoms with Crippen LogP contribution in [0, 0.1) is 5.82 Å². The number of benzene rings is 1. The van der Waals surface area contributed by atoms with Gasteiger partial charge < -0.3 is 10.0 Å². The van der Waals surface area contributed by atoms with Crippen molar-refractivity contribution in [1.82, 2.24) is 4.90 Å². The molecule has 0 fully saturated rings. The summed E-state index contributed by atoms with van der Waals surface area (Å²) in [5.41, 5.74) is 0.106. The Morgan fingerprint density at radius 3 is 2.59 bits per heavy atom. The first kappa shape index (κ1) is 13.2. The highest BCUT2D eigenvalue weighted by atomic mass is 19.1. The lowest BCUT2D eigenvalue weighted by molar-refractivity contribution is 0.104. The third-order valence-electron chi connectivity index (χ3n) is 2.47. The minimum atomic E-state index is -0.563. The zero-order valence-corrected chi connectivity index (χ0v) is 9.98. The van der Waals surface area contributed by atoms with E-state index in [4.69, 9.17) is 0 Å². The van der Waals surface area contributed by atoms with Crippen molar-refractivity contribution in [3.63, 3.8) is 0 Å². The van der Waals surface area contributed by atoms with Gasteiger partial charge in [-0.1, -0.05) is 0 Å². The van der Waals surface area contributed by atoms with E-state index in [9.17, 15) is 14.3 Å². The summed E-state index contributed by atoms with van der Waals surface area (Å²) in [5, 5.41) is 9.43. The van der Waals surface area contributed by atoms with Crippen molar-refractivity contribution in [3.8, 4) is 5.75 Å². The van der Waals surface area contributed by atoms with E-state index in [1.165, 1.54) is 12.1 Å². The Bertz CT molecular complexity index is 425. The molecule has 0 amide bonds. The van der Waals surface area contributed by atoms with Crippen LogP contribution in [0.2, 0.25) is 0 Å². The SMILES string of the molecule is CCN(/C=C/C(=O)c1ccc(F)cc1O)CC. The monoisotopic (exact) mass is 237 g/mol. The van der Waals surface area contributed by atoms with E-state index in [1.54, 1.807) is 6.20 Å². The number of nitrogens with zero attached hydrogens (tertiary/aromatic N) is 1. The number of allylic oxidation sites excluding steroid dienone is 1. The van der Waals surface area contributed by atoms with Gasteiger partial charge in [0, 0.05) is 31.4 Å². The van der Waals surface area contributed by atoms with E-state index in [0.29, 0.717) is 0 Å². The minimum Gasteiger partial charge on any atom is -0.507 e. The van der Waals surface area contributed by atoms with E-state index in [2.05, 4.69) is 0 Å². The summed E-state index contributed by atoms with van der Waals surface area (Å²) in [5.74, 6) is -1.24. The van der Waals surface area contributed by atoms with Crippen LogP contribution in [0.1, 0.15) is 24.2 Å². The van der Waals surface area contributed by atoms with Crippen molar-refractivity contribution in [1.29, 1.82) is 0 Å². The predicted molar refractivity (Wildman–Crippen MR) is 64.5 cm³/mol. The molecule has 92 valence electrons. The molecule has 0 bridgehead atoms. The lowest BCUT2D eigenvalue weighted by atomic mass is 10.1. The van der Waals surface area contributed by atoms with Crippen molar-refractivity contribution in [2.45, 2.75) is 13.8 Å². The number of hydrogen-bond acceptors (Lipinski definition) is 3. The molecule has 0 atom stereocenters. The van der Waals surface area contributed by atoms with Crippen molar-refractivity contribution in [2.75, 3.05) is 13.1 Å². The summed E-state index contributed by atoms with van der Waals surface area (Å²) >= 11 is 0. The molecule has 1 rings (SSSR count). The number of carbonyl (C=O) groups is 1. The van der Waals surface area contributed by atoms with Crippen LogP contribution >= 0.6 is 0 Å². The van der Waals surface area contributed by atoms with Crippen LogP contribution in [0.15, 0.2) is 30.5 Å². The molecule has 3 nitrogen and oxygen atoms in total. The fourth-order valence-electron chi connectivity index (χ4n) is 1.41. The molecule has 0 aliphatic carbocycles. The predicted octanol–water partition coefficient (Wildman–Crippen LogP) is 2.57. The Balaban J connectivity index is 2.83. The van der Waals surface area contributed by atoms with E-state index in [0.717, 1.165) is 25.2 Å². The van der Waals surface area contributed by atoms with Gasteiger partial charge in [-0.3, -0.25) is 4.79 Å². The highest BCUT2D eigenvalue weighted by Crippen LogP contribution is 2.18. The van der Waals surface area contributed by atoms with Gasteiger partial charge in [0.15, 0.2) is 5.78 Å². The average molecular weight is 237 g/mol. The summed E-state index contributed by atoms with van der Waals surface area (Å²) in [6, 6.07) is 3.36. The highest BCUT2D eigenvalue weighted by Gasteiger charge is 2.09. The highest BCUT2D eigenvalue weighted by molar-refractivity contribution is 6.06. The zero-order chi connectivity index (χ0) is 12.8. The molecule has 0 aliphatic rings. The quantitative estimate of drug-likeness (QED) is 0.632. The Labute approximate surface area is 100 Å². The molecule has 0 aliphatic heterocycles. The Kier molecular flexibility index (Phi) is 4.69. The number of phenolic OH excluding ortho intramolecular Hbond substituents is 1. The van der Waals surface area contributed by atoms with Gasteiger partial charge in [-0.15, -0.1) is 0 Å². The lowest BCUT2D eigenvalue weighted by Gasteiger charge is -2.14. The zero-order valence-electron chi connectivity index (χ0n) is 9.98. The maximum atomic E-state index is 12.7. The smallest absolute Gasteiger partial charge is 0.190 e. The van der Waals surface area contributed by atoms with Crippen LogP contribution in [-0.4, -0.2) is 28.9 Å². The van der Waals surface area contributed by atoms with Crippen LogP contribution in [-0.2, 0) is 0 Å². The van der Waals surface area contributed by atoms with Gasteiger partial charge in [-0.25, -0.2) is 4.39 Å². The Morgan fingerprint density at radius 2 is 2.06 bits per heavy atom. The molecular weight excluding hydrogens is 221 g/mol. The van der Waals surface area contributed by atoms with E-state index in [1.807, 2.05) is 18.7 Å². The number of hydrogen-bond donors (Lipinski definition) is 1. The van der Waals surface area contributed by atoms with Crippen molar-refractivity contribution < 1.29 is 14.3 Å². The molecule has 4 heteroatoms. The summed E-state index contributed by atoms with van der Waals surface area (Å²) in [4.78, 5) is 13.7. The number of halogens is 1. The molecule has 1 N–H and O–H groups in total. The molecule has 0 aromatic heterocycles. The number of carbonyl (C=O) groups excluding carboxylic acids is 1. The number of rotatable bonds is 5. The number of aromatic hydroxyl groups is 1. The van der Waals surface area contributed by atoms with Crippen molar-refractivity contribution >= 4 is 5.78 Å². The summed E-state index contributed by atoms with van der Waals surface area (Å²) in [6.07, 6.45) is 3.05. The van der Waals surface area contributed by atoms with Crippen molar-refractivity contribution in [3.05, 3.63) is 41.9 Å². The third kappa shape index (κ3) is 3.59. The first-order chi connectivity index (χ1) is 8.08. The van der Waals surface area contributed by atoms with Gasteiger partial charge in [0.05, 0.1) is 5.56 Å². The first-order valence-electron chi connectivity index (χ1n) is 5.53.